The lowest BCUT2D eigenvalue weighted by atomic mass is 9.93. The van der Waals surface area contributed by atoms with Crippen LogP contribution in [-0.4, -0.2) is 175 Å². The highest BCUT2D eigenvalue weighted by Crippen LogP contribution is 2.47. The van der Waals surface area contributed by atoms with Gasteiger partial charge in [-0.05, 0) is 99.2 Å². The van der Waals surface area contributed by atoms with E-state index in [0.717, 1.165) is 23.1 Å². The Hall–Kier alpha value is -8.53. The number of carbonyl (C=O) groups excluding carboxylic acids is 4. The van der Waals surface area contributed by atoms with Crippen LogP contribution in [0.3, 0.4) is 0 Å². The lowest BCUT2D eigenvalue weighted by Crippen LogP contribution is -2.56. The molecular weight excluding hydrogens is 1180 g/mol. The lowest BCUT2D eigenvalue weighted by molar-refractivity contribution is -0.135. The van der Waals surface area contributed by atoms with Gasteiger partial charge in [0.15, 0.2) is 17.3 Å². The van der Waals surface area contributed by atoms with Crippen molar-refractivity contribution in [1.29, 1.82) is 5.26 Å². The van der Waals surface area contributed by atoms with Gasteiger partial charge in [-0.25, -0.2) is 19.2 Å². The van der Waals surface area contributed by atoms with Crippen LogP contribution >= 0.6 is 11.6 Å². The summed E-state index contributed by atoms with van der Waals surface area (Å²) in [6.07, 6.45) is 3.56. The van der Waals surface area contributed by atoms with Gasteiger partial charge in [0, 0.05) is 69.3 Å². The van der Waals surface area contributed by atoms with E-state index in [1.807, 2.05) is 74.2 Å². The Balaban J connectivity index is 0.633. The zero-order valence-corrected chi connectivity index (χ0v) is 52.2. The average Bonchev–Trinajstić information content (AvgIpc) is 1.58. The minimum Gasteiger partial charge on any atom is -0.497 e. The number of nitrogen functional groups attached to an aromatic ring is 1. The predicted molar refractivity (Wildman–Crippen MR) is 335 cm³/mol. The predicted octanol–water partition coefficient (Wildman–Crippen LogP) is 8.93. The van der Waals surface area contributed by atoms with Gasteiger partial charge in [-0.2, -0.15) is 10.4 Å². The van der Waals surface area contributed by atoms with Crippen molar-refractivity contribution in [2.45, 2.75) is 90.2 Å². The molecule has 2 N–H and O–H groups in total. The Morgan fingerprint density at radius 3 is 2.23 bits per heavy atom. The summed E-state index contributed by atoms with van der Waals surface area (Å²) in [4.78, 5) is 79.2. The van der Waals surface area contributed by atoms with Crippen molar-refractivity contribution in [2.75, 3.05) is 110 Å². The van der Waals surface area contributed by atoms with Crippen molar-refractivity contribution in [3.05, 3.63) is 147 Å². The molecule has 6 aromatic rings. The Bertz CT molecular complexity index is 3620. The highest BCUT2D eigenvalue weighted by atomic mass is 35.5. The van der Waals surface area contributed by atoms with E-state index >= 15 is 4.79 Å². The molecule has 10 rings (SSSR count). The summed E-state index contributed by atoms with van der Waals surface area (Å²) < 4.78 is 51.2. The number of aliphatic imine (C=N–C) groups is 1. The van der Waals surface area contributed by atoms with Crippen molar-refractivity contribution >= 4 is 52.7 Å². The topological polar surface area (TPSA) is 246 Å². The van der Waals surface area contributed by atoms with E-state index in [9.17, 15) is 24.0 Å². The fourth-order valence-corrected chi connectivity index (χ4v) is 11.9. The third-order valence-electron chi connectivity index (χ3n) is 16.3. The number of benzene rings is 4. The molecule has 2 aromatic heterocycles. The molecule has 4 aliphatic rings. The zero-order valence-electron chi connectivity index (χ0n) is 51.4. The van der Waals surface area contributed by atoms with Crippen molar-refractivity contribution in [3.63, 3.8) is 0 Å². The number of aryl methyl sites for hydroxylation is 2. The van der Waals surface area contributed by atoms with Crippen LogP contribution in [0.5, 0.6) is 11.5 Å². The number of Topliss-reactive ketones (excluding diaryl/α,β-unsaturated/α-hetero) is 1. The number of amidine groups is 1. The van der Waals surface area contributed by atoms with Gasteiger partial charge in [0.2, 0.25) is 5.91 Å². The molecule has 4 amide bonds. The highest BCUT2D eigenvalue weighted by molar-refractivity contribution is 6.30. The molecule has 2 fully saturated rings. The number of nitrogens with zero attached hydrogens (tertiary/aromatic N) is 11. The summed E-state index contributed by atoms with van der Waals surface area (Å²) in [7, 11) is 3.24. The molecule has 24 heteroatoms. The largest absolute Gasteiger partial charge is 0.497 e. The quantitative estimate of drug-likeness (QED) is 0.0526. The fourth-order valence-electron chi connectivity index (χ4n) is 11.8. The maximum atomic E-state index is 15.1. The number of fused-ring (bicyclic) bond motifs is 8. The van der Waals surface area contributed by atoms with Gasteiger partial charge >= 0.3 is 6.03 Å². The van der Waals surface area contributed by atoms with Gasteiger partial charge in [0.05, 0.1) is 113 Å². The van der Waals surface area contributed by atoms with Crippen LogP contribution in [0.2, 0.25) is 5.02 Å². The zero-order chi connectivity index (χ0) is 63.4. The van der Waals surface area contributed by atoms with Crippen LogP contribution in [0.4, 0.5) is 20.8 Å². The summed E-state index contributed by atoms with van der Waals surface area (Å²) in [5.41, 5.74) is 12.2. The maximum Gasteiger partial charge on any atom is 0.326 e. The van der Waals surface area contributed by atoms with E-state index in [0.29, 0.717) is 134 Å². The number of nitrogens with two attached hydrogens (primary N) is 1. The van der Waals surface area contributed by atoms with Crippen molar-refractivity contribution in [1.82, 2.24) is 39.3 Å². The third-order valence-corrected chi connectivity index (χ3v) is 16.6. The van der Waals surface area contributed by atoms with E-state index < -0.39 is 17.9 Å². The molecular formula is C66H76ClFN12O10. The number of aromatic nitrogens is 4. The Morgan fingerprint density at radius 2 is 1.53 bits per heavy atom. The van der Waals surface area contributed by atoms with Gasteiger partial charge in [-0.15, -0.1) is 0 Å². The molecule has 22 nitrogen and oxygen atoms in total. The molecule has 6 heterocycles. The lowest BCUT2D eigenvalue weighted by Gasteiger charge is -2.38. The molecule has 4 aromatic carbocycles. The molecule has 2 saturated heterocycles. The van der Waals surface area contributed by atoms with E-state index in [-0.39, 0.29) is 99.6 Å². The van der Waals surface area contributed by atoms with Crippen molar-refractivity contribution in [2.24, 2.45) is 4.99 Å². The Kier molecular flexibility index (Phi) is 21.4. The smallest absolute Gasteiger partial charge is 0.326 e. The first-order valence-corrected chi connectivity index (χ1v) is 30.9. The molecule has 0 radical (unpaired) electrons. The highest BCUT2D eigenvalue weighted by Gasteiger charge is 2.46. The van der Waals surface area contributed by atoms with Crippen LogP contribution in [0, 0.1) is 24.1 Å². The van der Waals surface area contributed by atoms with Crippen LogP contribution in [0.1, 0.15) is 114 Å². The number of urea groups is 1. The first kappa shape index (κ1) is 64.5. The standard InChI is InChI=1S/C66H76ClFN12O10/c1-42(2)90-57-37-49(85-5)19-21-51(57)63-73-60(44-12-10-43(3)11-13-44)61(45-14-16-46(67)17-15-45)80(63)66(84)77-26-25-76(58(82)41-77)27-29-87-31-33-89-35-34-88-32-30-86-28-22-48(81)8-6-24-79-56-40-75(4)65(83)50-20-18-47(68)36-52(50)55-9-7-23-78(55)64-62(70)71-39-54(72-64)59(56)53(38-69)74-79/h10-21,36-37,39,42,55,60-61H,6-9,22-35,40-41H2,1-5H3,(H2,70,71)/t55-,60+,61-/m1/s1. The number of methoxy groups -OCH3 is 1. The number of carbonyl (C=O) groups is 4. The number of nitriles is 1. The second kappa shape index (κ2) is 29.9. The number of piperazine rings is 1. The summed E-state index contributed by atoms with van der Waals surface area (Å²) in [5, 5.41) is 15.5. The van der Waals surface area contributed by atoms with Gasteiger partial charge in [0.25, 0.3) is 5.91 Å². The number of halogens is 2. The van der Waals surface area contributed by atoms with E-state index in [1.54, 1.807) is 51.7 Å². The van der Waals surface area contributed by atoms with Crippen LogP contribution in [-0.2, 0) is 41.6 Å². The van der Waals surface area contributed by atoms with E-state index in [4.69, 9.17) is 55.7 Å². The summed E-state index contributed by atoms with van der Waals surface area (Å²) in [6.45, 7) is 10.0. The number of ether oxygens (including phenoxy) is 6. The molecule has 0 saturated carbocycles. The maximum absolute atomic E-state index is 15.1. The average molecular weight is 1250 g/mol. The monoisotopic (exact) mass is 1250 g/mol. The molecule has 3 atom stereocenters. The molecule has 474 valence electrons. The number of hydrogen-bond acceptors (Lipinski definition) is 17. The Labute approximate surface area is 528 Å². The van der Waals surface area contributed by atoms with Gasteiger partial charge in [-0.3, -0.25) is 29.0 Å². The van der Waals surface area contributed by atoms with Gasteiger partial charge < -0.3 is 53.8 Å². The molecule has 90 heavy (non-hydrogen) atoms. The van der Waals surface area contributed by atoms with E-state index in [1.165, 1.54) is 29.3 Å². The van der Waals surface area contributed by atoms with Crippen molar-refractivity contribution < 1.29 is 52.0 Å². The number of anilines is 2. The summed E-state index contributed by atoms with van der Waals surface area (Å²) >= 11 is 6.40. The first-order chi connectivity index (χ1) is 43.6. The summed E-state index contributed by atoms with van der Waals surface area (Å²) in [5.74, 6) is 1.10. The number of amides is 4. The van der Waals surface area contributed by atoms with Crippen LogP contribution in [0.15, 0.2) is 96.1 Å². The van der Waals surface area contributed by atoms with Gasteiger partial charge in [-0.1, -0.05) is 53.6 Å². The minimum atomic E-state index is -0.583. The number of ketones is 1. The molecule has 0 aliphatic carbocycles. The van der Waals surface area contributed by atoms with Crippen molar-refractivity contribution in [3.8, 4) is 28.8 Å². The second-order valence-electron chi connectivity index (χ2n) is 22.8. The third kappa shape index (κ3) is 15.0. The normalized spacial score (nSPS) is 17.4. The fraction of sp³-hybridized carbons (Fsp3) is 0.439. The van der Waals surface area contributed by atoms with Gasteiger partial charge in [0.1, 0.15) is 47.6 Å². The second-order valence-corrected chi connectivity index (χ2v) is 23.3. The van der Waals surface area contributed by atoms with Crippen LogP contribution in [0.25, 0.3) is 11.3 Å². The van der Waals surface area contributed by atoms with E-state index in [2.05, 4.69) is 16.2 Å². The number of hydrogen-bond donors (Lipinski definition) is 1. The summed E-state index contributed by atoms with van der Waals surface area (Å²) in [6, 6.07) is 25.6. The SMILES string of the molecule is COc1ccc(C2=N[C@@H](c3ccc(C)cc3)[C@@H](c3ccc(Cl)cc3)N2C(=O)N2CCN(CCOCCOCCOCCOCCC(=O)CCCn3nc(C#N)c4c3CN(C)C(=O)c3ccc(F)cc3[C@H]3CCCN3c3nc-4cnc3N)C(=O)C2)c(OC(C)C)c1. The van der Waals surface area contributed by atoms with Crippen LogP contribution < -0.4 is 20.1 Å². The minimum absolute atomic E-state index is 0.00737. The Morgan fingerprint density at radius 1 is 0.833 bits per heavy atom. The first-order valence-electron chi connectivity index (χ1n) is 30.5. The molecule has 2 bridgehead atoms. The molecule has 0 spiro atoms. The molecule has 4 aliphatic heterocycles. The number of rotatable bonds is 25. The molecule has 0 unspecified atom stereocenters.